The number of carbonyl (C=O) groups is 2. The van der Waals surface area contributed by atoms with Gasteiger partial charge in [-0.1, -0.05) is 0 Å². The van der Waals surface area contributed by atoms with E-state index in [9.17, 15) is 9.59 Å². The van der Waals surface area contributed by atoms with Crippen LogP contribution in [-0.4, -0.2) is 50.9 Å². The number of nitrogens with zero attached hydrogens (tertiary/aromatic N) is 5. The number of carbonyl (C=O) groups excluding carboxylic acids is 2. The van der Waals surface area contributed by atoms with Crippen LogP contribution in [0.4, 0.5) is 10.1 Å². The van der Waals surface area contributed by atoms with Crippen LogP contribution in [0.1, 0.15) is 71.2 Å². The minimum atomic E-state index is -0.364. The van der Waals surface area contributed by atoms with E-state index in [1.165, 1.54) is 16.5 Å². The largest absolute Gasteiger partial charge is 0.371 e. The summed E-state index contributed by atoms with van der Waals surface area (Å²) in [6, 6.07) is 11.0. The Morgan fingerprint density at radius 1 is 1.12 bits per heavy atom. The molecular formula is C30H31FN6O2S. The molecule has 40 heavy (non-hydrogen) atoms. The maximum atomic E-state index is 15.5. The van der Waals surface area contributed by atoms with Crippen molar-refractivity contribution in [1.29, 1.82) is 0 Å². The lowest BCUT2D eigenvalue weighted by atomic mass is 10.0. The highest BCUT2D eigenvalue weighted by Gasteiger charge is 2.33. The Morgan fingerprint density at radius 3 is 2.75 bits per heavy atom. The SMILES string of the molecule is C[C@@H]1c2ccsc2CCN1C(=O)c1cc(C2CC2)n2nc(-c3ccc(N4CC[C@@H](CC(N)=O)C4)cc3F)cc2n1. The standard InChI is InChI=1S/C30H31FN6O2S/c1-17-21-8-11-40-27(21)7-10-36(17)30(39)25-14-26(19-2-3-19)37-29(33-25)15-24(34-37)22-5-4-20(13-23(22)31)35-9-6-18(16-35)12-28(32)38/h4-5,8,11,13-15,17-19H,2-3,6-7,9-10,12,16H2,1H3,(H2,32,38)/t17-,18+/m1/s1. The van der Waals surface area contributed by atoms with Crippen LogP contribution in [0.2, 0.25) is 0 Å². The zero-order chi connectivity index (χ0) is 27.5. The molecule has 0 unspecified atom stereocenters. The van der Waals surface area contributed by atoms with Crippen LogP contribution in [0.25, 0.3) is 16.9 Å². The van der Waals surface area contributed by atoms with Gasteiger partial charge in [-0.3, -0.25) is 9.59 Å². The second-order valence-corrected chi connectivity index (χ2v) is 12.3. The van der Waals surface area contributed by atoms with Crippen LogP contribution in [0.15, 0.2) is 41.8 Å². The Hall–Kier alpha value is -3.79. The summed E-state index contributed by atoms with van der Waals surface area (Å²) in [5.41, 5.74) is 10.2. The lowest BCUT2D eigenvalue weighted by molar-refractivity contribution is -0.118. The van der Waals surface area contributed by atoms with Gasteiger partial charge in [0.2, 0.25) is 5.91 Å². The fourth-order valence-corrected chi connectivity index (χ4v) is 7.23. The number of hydrogen-bond donors (Lipinski definition) is 1. The molecule has 10 heteroatoms. The van der Waals surface area contributed by atoms with E-state index in [-0.39, 0.29) is 29.6 Å². The number of amides is 2. The van der Waals surface area contributed by atoms with E-state index in [4.69, 9.17) is 15.8 Å². The number of halogens is 1. The van der Waals surface area contributed by atoms with Gasteiger partial charge in [0.1, 0.15) is 11.5 Å². The minimum Gasteiger partial charge on any atom is -0.371 e. The van der Waals surface area contributed by atoms with Gasteiger partial charge in [-0.25, -0.2) is 13.9 Å². The van der Waals surface area contributed by atoms with Crippen molar-refractivity contribution >= 4 is 34.5 Å². The van der Waals surface area contributed by atoms with Crippen molar-refractivity contribution in [2.75, 3.05) is 24.5 Å². The summed E-state index contributed by atoms with van der Waals surface area (Å²) < 4.78 is 17.2. The van der Waals surface area contributed by atoms with Crippen molar-refractivity contribution in [2.45, 2.75) is 51.0 Å². The maximum absolute atomic E-state index is 15.5. The lowest BCUT2D eigenvalue weighted by Gasteiger charge is -2.33. The maximum Gasteiger partial charge on any atom is 0.273 e. The van der Waals surface area contributed by atoms with E-state index in [2.05, 4.69) is 23.3 Å². The number of aromatic nitrogens is 3. The van der Waals surface area contributed by atoms with E-state index in [1.54, 1.807) is 28.0 Å². The molecule has 0 radical (unpaired) electrons. The number of anilines is 1. The summed E-state index contributed by atoms with van der Waals surface area (Å²) in [6.45, 7) is 4.19. The van der Waals surface area contributed by atoms with Gasteiger partial charge in [0, 0.05) is 59.9 Å². The number of rotatable bonds is 6. The molecule has 3 aromatic heterocycles. The van der Waals surface area contributed by atoms with Crippen molar-refractivity contribution in [1.82, 2.24) is 19.5 Å². The summed E-state index contributed by atoms with van der Waals surface area (Å²) in [4.78, 5) is 35.1. The highest BCUT2D eigenvalue weighted by molar-refractivity contribution is 7.10. The van der Waals surface area contributed by atoms with Crippen molar-refractivity contribution in [3.63, 3.8) is 0 Å². The van der Waals surface area contributed by atoms with E-state index < -0.39 is 0 Å². The zero-order valence-electron chi connectivity index (χ0n) is 22.3. The molecule has 2 fully saturated rings. The molecule has 2 atom stereocenters. The monoisotopic (exact) mass is 558 g/mol. The van der Waals surface area contributed by atoms with Gasteiger partial charge >= 0.3 is 0 Å². The molecule has 2 N–H and O–H groups in total. The molecule has 0 bridgehead atoms. The normalized spacial score (nSPS) is 20.8. The first-order valence-electron chi connectivity index (χ1n) is 14.0. The third-order valence-electron chi connectivity index (χ3n) is 8.58. The molecule has 1 saturated heterocycles. The van der Waals surface area contributed by atoms with Gasteiger partial charge < -0.3 is 15.5 Å². The number of primary amides is 1. The van der Waals surface area contributed by atoms with Crippen molar-refractivity contribution in [3.05, 3.63) is 69.4 Å². The first-order valence-corrected chi connectivity index (χ1v) is 14.8. The molecule has 5 heterocycles. The van der Waals surface area contributed by atoms with Crippen molar-refractivity contribution < 1.29 is 14.0 Å². The lowest BCUT2D eigenvalue weighted by Crippen LogP contribution is -2.38. The smallest absolute Gasteiger partial charge is 0.273 e. The summed E-state index contributed by atoms with van der Waals surface area (Å²) >= 11 is 1.75. The van der Waals surface area contributed by atoms with E-state index in [0.29, 0.717) is 48.0 Å². The minimum absolute atomic E-state index is 0.000311. The quantitative estimate of drug-likeness (QED) is 0.362. The molecule has 0 spiro atoms. The summed E-state index contributed by atoms with van der Waals surface area (Å²) in [7, 11) is 0. The average Bonchev–Trinajstić information content (AvgIpc) is 3.29. The topological polar surface area (TPSA) is 96.8 Å². The van der Waals surface area contributed by atoms with E-state index in [1.807, 2.05) is 17.0 Å². The van der Waals surface area contributed by atoms with Gasteiger partial charge in [0.05, 0.1) is 11.7 Å². The second kappa shape index (κ2) is 9.69. The fraction of sp³-hybridized carbons (Fsp3) is 0.400. The summed E-state index contributed by atoms with van der Waals surface area (Å²) in [6.07, 6.45) is 4.15. The fourth-order valence-electron chi connectivity index (χ4n) is 6.27. The zero-order valence-corrected chi connectivity index (χ0v) is 23.2. The molecular weight excluding hydrogens is 527 g/mol. The summed E-state index contributed by atoms with van der Waals surface area (Å²) in [5.74, 6) is -0.221. The number of thiophene rings is 1. The third-order valence-corrected chi connectivity index (χ3v) is 9.57. The molecule has 1 aliphatic carbocycles. The molecule has 3 aliphatic rings. The summed E-state index contributed by atoms with van der Waals surface area (Å²) in [5, 5.41) is 6.85. The first kappa shape index (κ1) is 25.2. The first-order chi connectivity index (χ1) is 19.4. The predicted molar refractivity (Wildman–Crippen MR) is 152 cm³/mol. The second-order valence-electron chi connectivity index (χ2n) is 11.3. The van der Waals surface area contributed by atoms with Gasteiger partial charge in [0.15, 0.2) is 5.65 Å². The Kier molecular flexibility index (Phi) is 6.10. The van der Waals surface area contributed by atoms with Crippen LogP contribution in [0.5, 0.6) is 0 Å². The molecule has 8 nitrogen and oxygen atoms in total. The predicted octanol–water partition coefficient (Wildman–Crippen LogP) is 4.94. The van der Waals surface area contributed by atoms with Gasteiger partial charge in [-0.05, 0) is 79.8 Å². The molecule has 7 rings (SSSR count). The molecule has 1 aromatic carbocycles. The van der Waals surface area contributed by atoms with Gasteiger partial charge in [-0.15, -0.1) is 11.3 Å². The Balaban J connectivity index is 1.19. The number of benzene rings is 1. The van der Waals surface area contributed by atoms with Crippen LogP contribution in [0.3, 0.4) is 0 Å². The van der Waals surface area contributed by atoms with E-state index in [0.717, 1.165) is 43.6 Å². The van der Waals surface area contributed by atoms with Gasteiger partial charge in [0.25, 0.3) is 5.91 Å². The van der Waals surface area contributed by atoms with Crippen LogP contribution < -0.4 is 10.6 Å². The molecule has 1 saturated carbocycles. The Morgan fingerprint density at radius 2 is 1.98 bits per heavy atom. The average molecular weight is 559 g/mol. The molecule has 206 valence electrons. The van der Waals surface area contributed by atoms with Crippen LogP contribution in [-0.2, 0) is 11.2 Å². The number of nitrogens with two attached hydrogens (primary N) is 1. The highest BCUT2D eigenvalue weighted by Crippen LogP contribution is 2.41. The molecule has 2 amide bonds. The molecule has 4 aromatic rings. The number of hydrogen-bond acceptors (Lipinski definition) is 6. The Labute approximate surface area is 235 Å². The molecule has 2 aliphatic heterocycles. The van der Waals surface area contributed by atoms with Gasteiger partial charge in [-0.2, -0.15) is 5.10 Å². The van der Waals surface area contributed by atoms with Crippen LogP contribution in [0, 0.1) is 11.7 Å². The number of fused-ring (bicyclic) bond motifs is 2. The highest BCUT2D eigenvalue weighted by atomic mass is 32.1. The van der Waals surface area contributed by atoms with E-state index >= 15 is 4.39 Å². The third kappa shape index (κ3) is 4.44. The van der Waals surface area contributed by atoms with Crippen LogP contribution >= 0.6 is 11.3 Å². The van der Waals surface area contributed by atoms with Crippen molar-refractivity contribution in [2.24, 2.45) is 11.7 Å². The van der Waals surface area contributed by atoms with Crippen molar-refractivity contribution in [3.8, 4) is 11.3 Å². The Bertz CT molecular complexity index is 1640.